The van der Waals surface area contributed by atoms with Gasteiger partial charge in [0.15, 0.2) is 0 Å². The molecule has 0 saturated carbocycles. The van der Waals surface area contributed by atoms with Crippen molar-refractivity contribution in [3.8, 4) is 0 Å². The van der Waals surface area contributed by atoms with Gasteiger partial charge in [0.2, 0.25) is 5.91 Å². The molecule has 0 bridgehead atoms. The van der Waals surface area contributed by atoms with Gasteiger partial charge in [-0.15, -0.1) is 0 Å². The van der Waals surface area contributed by atoms with Crippen LogP contribution in [-0.2, 0) is 11.3 Å². The minimum Gasteiger partial charge on any atom is -0.352 e. The van der Waals surface area contributed by atoms with Gasteiger partial charge in [-0.05, 0) is 18.6 Å². The second-order valence-electron chi connectivity index (χ2n) is 2.94. The molecule has 1 aromatic rings. The van der Waals surface area contributed by atoms with E-state index < -0.39 is 0 Å². The quantitative estimate of drug-likeness (QED) is 0.833. The number of amides is 1. The highest BCUT2D eigenvalue weighted by Gasteiger charge is 1.96. The van der Waals surface area contributed by atoms with Gasteiger partial charge in [-0.2, -0.15) is 0 Å². The normalized spacial score (nSPS) is 8.80. The predicted octanol–water partition coefficient (Wildman–Crippen LogP) is 2.69. The van der Waals surface area contributed by atoms with Crippen molar-refractivity contribution in [3.63, 3.8) is 0 Å². The lowest BCUT2D eigenvalue weighted by Gasteiger charge is -2.02. The lowest BCUT2D eigenvalue weighted by Crippen LogP contribution is -2.21. The van der Waals surface area contributed by atoms with E-state index in [2.05, 4.69) is 10.3 Å². The summed E-state index contributed by atoms with van der Waals surface area (Å²) in [6, 6.07) is 3.91. The Balaban J connectivity index is 0. The molecule has 0 radical (unpaired) electrons. The van der Waals surface area contributed by atoms with Crippen molar-refractivity contribution < 1.29 is 6.22 Å². The third-order valence-electron chi connectivity index (χ3n) is 1.78. The summed E-state index contributed by atoms with van der Waals surface area (Å²) in [7, 11) is 0. The highest BCUT2D eigenvalue weighted by molar-refractivity contribution is 5.75. The topological polar surface area (TPSA) is 42.0 Å². The molecule has 15 heavy (non-hydrogen) atoms. The summed E-state index contributed by atoms with van der Waals surface area (Å²) in [5.74, 6) is 0.0700. The number of rotatable bonds is 3. The van der Waals surface area contributed by atoms with E-state index in [1.54, 1.807) is 6.20 Å². The highest BCUT2D eigenvalue weighted by atomic mass is 16.1. The molecule has 0 aliphatic rings. The maximum absolute atomic E-state index is 10.9. The zero-order valence-electron chi connectivity index (χ0n) is 10.0. The molecule has 1 rings (SSSR count). The second-order valence-corrected chi connectivity index (χ2v) is 2.94. The molecule has 1 heterocycles. The van der Waals surface area contributed by atoms with Crippen LogP contribution in [0.1, 0.15) is 39.9 Å². The standard InChI is InChI=1S/C10H14N2O.C2H6.H2/c1-3-10(13)12-7-9-5-4-8(2)11-6-9;1-2;/h4-6H,3,7H2,1-2H3,(H,12,13);1-2H3;1H. The first-order chi connectivity index (χ1) is 7.22. The lowest BCUT2D eigenvalue weighted by atomic mass is 10.2. The van der Waals surface area contributed by atoms with Gasteiger partial charge in [0.05, 0.1) is 0 Å². The monoisotopic (exact) mass is 210 g/mol. The summed E-state index contributed by atoms with van der Waals surface area (Å²) in [5.41, 5.74) is 2.03. The van der Waals surface area contributed by atoms with Gasteiger partial charge >= 0.3 is 0 Å². The van der Waals surface area contributed by atoms with Gasteiger partial charge in [0.25, 0.3) is 0 Å². The third kappa shape index (κ3) is 5.83. The second kappa shape index (κ2) is 7.97. The van der Waals surface area contributed by atoms with Crippen molar-refractivity contribution in [2.75, 3.05) is 0 Å². The molecular formula is C12H22N2O. The fraction of sp³-hybridized carbons (Fsp3) is 0.500. The number of aryl methyl sites for hydroxylation is 1. The van der Waals surface area contributed by atoms with E-state index in [-0.39, 0.29) is 7.33 Å². The third-order valence-corrected chi connectivity index (χ3v) is 1.78. The summed E-state index contributed by atoms with van der Waals surface area (Å²) in [4.78, 5) is 15.1. The summed E-state index contributed by atoms with van der Waals surface area (Å²) in [6.45, 7) is 8.34. The van der Waals surface area contributed by atoms with E-state index in [4.69, 9.17) is 0 Å². The number of aromatic nitrogens is 1. The van der Waals surface area contributed by atoms with Crippen molar-refractivity contribution in [1.82, 2.24) is 10.3 Å². The van der Waals surface area contributed by atoms with E-state index in [1.807, 2.05) is 39.8 Å². The number of carbonyl (C=O) groups is 1. The molecule has 86 valence electrons. The minimum atomic E-state index is 0. The molecule has 1 amide bonds. The number of nitrogens with zero attached hydrogens (tertiary/aromatic N) is 1. The summed E-state index contributed by atoms with van der Waals surface area (Å²) in [5, 5.41) is 2.79. The van der Waals surface area contributed by atoms with Gasteiger partial charge in [0.1, 0.15) is 0 Å². The van der Waals surface area contributed by atoms with Crippen LogP contribution in [0.15, 0.2) is 18.3 Å². The van der Waals surface area contributed by atoms with Gasteiger partial charge in [-0.1, -0.05) is 26.8 Å². The first-order valence-electron chi connectivity index (χ1n) is 5.40. The van der Waals surface area contributed by atoms with Crippen LogP contribution < -0.4 is 5.32 Å². The molecule has 0 saturated heterocycles. The van der Waals surface area contributed by atoms with E-state index in [0.717, 1.165) is 11.3 Å². The van der Waals surface area contributed by atoms with Crippen LogP contribution in [0.4, 0.5) is 0 Å². The molecule has 3 heteroatoms. The average Bonchev–Trinajstić information content (AvgIpc) is 2.30. The molecule has 0 aliphatic heterocycles. The van der Waals surface area contributed by atoms with Crippen LogP contribution in [0.3, 0.4) is 0 Å². The minimum absolute atomic E-state index is 0. The Morgan fingerprint density at radius 1 is 1.47 bits per heavy atom. The summed E-state index contributed by atoms with van der Waals surface area (Å²) >= 11 is 0. The zero-order chi connectivity index (χ0) is 11.7. The van der Waals surface area contributed by atoms with Crippen molar-refractivity contribution in [3.05, 3.63) is 29.6 Å². The summed E-state index contributed by atoms with van der Waals surface area (Å²) in [6.07, 6.45) is 2.31. The first kappa shape index (κ1) is 13.6. The number of pyridine rings is 1. The van der Waals surface area contributed by atoms with Crippen LogP contribution in [0.25, 0.3) is 0 Å². The Morgan fingerprint density at radius 2 is 2.13 bits per heavy atom. The molecule has 0 spiro atoms. The van der Waals surface area contributed by atoms with Crippen LogP contribution in [0.5, 0.6) is 0 Å². The Bertz CT molecular complexity index is 286. The fourth-order valence-electron chi connectivity index (χ4n) is 0.929. The fourth-order valence-corrected chi connectivity index (χ4v) is 0.929. The maximum Gasteiger partial charge on any atom is 0.219 e. The molecule has 0 aliphatic carbocycles. The Kier molecular flexibility index (Phi) is 7.24. The first-order valence-corrected chi connectivity index (χ1v) is 5.40. The van der Waals surface area contributed by atoms with Gasteiger partial charge in [0, 0.05) is 26.3 Å². The molecule has 1 aromatic heterocycles. The van der Waals surface area contributed by atoms with E-state index in [0.29, 0.717) is 13.0 Å². The van der Waals surface area contributed by atoms with Crippen LogP contribution >= 0.6 is 0 Å². The van der Waals surface area contributed by atoms with E-state index >= 15 is 0 Å². The predicted molar refractivity (Wildman–Crippen MR) is 64.6 cm³/mol. The maximum atomic E-state index is 10.9. The average molecular weight is 210 g/mol. The van der Waals surface area contributed by atoms with E-state index in [9.17, 15) is 4.79 Å². The number of hydrogen-bond donors (Lipinski definition) is 1. The van der Waals surface area contributed by atoms with Crippen LogP contribution in [0, 0.1) is 6.92 Å². The van der Waals surface area contributed by atoms with Crippen molar-refractivity contribution in [1.29, 1.82) is 0 Å². The largest absolute Gasteiger partial charge is 0.352 e. The van der Waals surface area contributed by atoms with Crippen molar-refractivity contribution in [2.24, 2.45) is 0 Å². The number of hydrogen-bond acceptors (Lipinski definition) is 2. The number of nitrogens with one attached hydrogen (secondary N) is 1. The van der Waals surface area contributed by atoms with Gasteiger partial charge < -0.3 is 5.32 Å². The molecule has 0 fully saturated rings. The zero-order valence-corrected chi connectivity index (χ0v) is 10.0. The molecule has 0 atom stereocenters. The van der Waals surface area contributed by atoms with Gasteiger partial charge in [-0.25, -0.2) is 0 Å². The smallest absolute Gasteiger partial charge is 0.219 e. The van der Waals surface area contributed by atoms with E-state index in [1.165, 1.54) is 0 Å². The van der Waals surface area contributed by atoms with Gasteiger partial charge in [-0.3, -0.25) is 9.78 Å². The Labute approximate surface area is 93.4 Å². The molecule has 0 unspecified atom stereocenters. The lowest BCUT2D eigenvalue weighted by molar-refractivity contribution is -0.120. The molecule has 0 aromatic carbocycles. The Morgan fingerprint density at radius 3 is 2.60 bits per heavy atom. The summed E-state index contributed by atoms with van der Waals surface area (Å²) < 4.78 is 0. The SMILES string of the molecule is CC.CCC(=O)NCc1ccc(C)nc1.[HH]. The van der Waals surface area contributed by atoms with Crippen molar-refractivity contribution >= 4 is 5.91 Å². The van der Waals surface area contributed by atoms with Crippen molar-refractivity contribution in [2.45, 2.75) is 40.7 Å². The number of carbonyl (C=O) groups excluding carboxylic acids is 1. The molecular weight excluding hydrogens is 188 g/mol. The Hall–Kier alpha value is -1.38. The van der Waals surface area contributed by atoms with Crippen LogP contribution in [0.2, 0.25) is 0 Å². The van der Waals surface area contributed by atoms with Crippen LogP contribution in [-0.4, -0.2) is 10.9 Å². The molecule has 3 nitrogen and oxygen atoms in total. The highest BCUT2D eigenvalue weighted by Crippen LogP contribution is 1.98. The molecule has 1 N–H and O–H groups in total.